The summed E-state index contributed by atoms with van der Waals surface area (Å²) in [7, 11) is 0. The van der Waals surface area contributed by atoms with Gasteiger partial charge in [0.25, 0.3) is 5.91 Å². The number of ether oxygens (including phenoxy) is 3. The van der Waals surface area contributed by atoms with Gasteiger partial charge in [0.2, 0.25) is 0 Å². The van der Waals surface area contributed by atoms with Crippen LogP contribution in [0.3, 0.4) is 0 Å². The number of hydrogen-bond acceptors (Lipinski definition) is 5. The van der Waals surface area contributed by atoms with E-state index in [4.69, 9.17) is 25.8 Å². The Kier molecular flexibility index (Phi) is 7.49. The zero-order valence-corrected chi connectivity index (χ0v) is 16.3. The molecule has 1 N–H and O–H groups in total. The van der Waals surface area contributed by atoms with Gasteiger partial charge in [0.1, 0.15) is 5.75 Å². The monoisotopic (exact) mass is 391 g/mol. The molecule has 0 saturated carbocycles. The lowest BCUT2D eigenvalue weighted by Gasteiger charge is -2.13. The summed E-state index contributed by atoms with van der Waals surface area (Å²) in [6.07, 6.45) is 0. The molecule has 2 aromatic carbocycles. The number of hydrogen-bond donors (Lipinski definition) is 1. The van der Waals surface area contributed by atoms with E-state index < -0.39 is 0 Å². The van der Waals surface area contributed by atoms with Crippen molar-refractivity contribution in [3.05, 3.63) is 47.0 Å². The van der Waals surface area contributed by atoms with Crippen molar-refractivity contribution in [1.82, 2.24) is 0 Å². The van der Waals surface area contributed by atoms with Crippen molar-refractivity contribution in [2.45, 2.75) is 20.8 Å². The number of nitrogens with one attached hydrogen (secondary N) is 1. The van der Waals surface area contributed by atoms with E-state index in [0.29, 0.717) is 46.7 Å². The predicted molar refractivity (Wildman–Crippen MR) is 104 cm³/mol. The highest BCUT2D eigenvalue weighted by Crippen LogP contribution is 2.30. The van der Waals surface area contributed by atoms with E-state index in [1.54, 1.807) is 30.3 Å². The highest BCUT2D eigenvalue weighted by Gasteiger charge is 2.12. The van der Waals surface area contributed by atoms with Crippen LogP contribution in [-0.2, 0) is 4.79 Å². The van der Waals surface area contributed by atoms with Gasteiger partial charge < -0.3 is 19.5 Å². The van der Waals surface area contributed by atoms with Crippen molar-refractivity contribution in [2.24, 2.45) is 0 Å². The van der Waals surface area contributed by atoms with Crippen LogP contribution in [0.2, 0.25) is 5.02 Å². The minimum absolute atomic E-state index is 0.194. The summed E-state index contributed by atoms with van der Waals surface area (Å²) >= 11 is 5.90. The Labute approximate surface area is 163 Å². The molecule has 0 radical (unpaired) electrons. The molecule has 144 valence electrons. The SMILES string of the molecule is CCOc1ccc(NC(=O)COc2ccc(Cl)cc2C(C)=O)cc1OCC. The summed E-state index contributed by atoms with van der Waals surface area (Å²) < 4.78 is 16.5. The van der Waals surface area contributed by atoms with Crippen LogP contribution < -0.4 is 19.5 Å². The smallest absolute Gasteiger partial charge is 0.262 e. The molecule has 1 amide bonds. The first kappa shape index (κ1) is 20.6. The number of Topliss-reactive ketones (excluding diaryl/α,β-unsaturated/α-hetero) is 1. The van der Waals surface area contributed by atoms with Crippen LogP contribution in [0.4, 0.5) is 5.69 Å². The van der Waals surface area contributed by atoms with Crippen molar-refractivity contribution in [2.75, 3.05) is 25.1 Å². The Morgan fingerprint density at radius 3 is 2.26 bits per heavy atom. The van der Waals surface area contributed by atoms with Gasteiger partial charge in [-0.2, -0.15) is 0 Å². The molecule has 0 saturated heterocycles. The fraction of sp³-hybridized carbons (Fsp3) is 0.300. The lowest BCUT2D eigenvalue weighted by Crippen LogP contribution is -2.20. The number of anilines is 1. The maximum absolute atomic E-state index is 12.2. The molecule has 0 aliphatic rings. The molecule has 0 aliphatic carbocycles. The summed E-state index contributed by atoms with van der Waals surface area (Å²) in [6, 6.07) is 9.82. The first-order valence-corrected chi connectivity index (χ1v) is 8.95. The normalized spacial score (nSPS) is 10.2. The van der Waals surface area contributed by atoms with Gasteiger partial charge in [-0.25, -0.2) is 0 Å². The third kappa shape index (κ3) is 5.89. The molecule has 0 atom stereocenters. The quantitative estimate of drug-likeness (QED) is 0.643. The summed E-state index contributed by atoms with van der Waals surface area (Å²) in [4.78, 5) is 23.9. The molecule has 6 nitrogen and oxygen atoms in total. The molecule has 0 heterocycles. The fourth-order valence-corrected chi connectivity index (χ4v) is 2.54. The van der Waals surface area contributed by atoms with Crippen molar-refractivity contribution in [3.63, 3.8) is 0 Å². The molecule has 2 aromatic rings. The van der Waals surface area contributed by atoms with Crippen LogP contribution in [0.25, 0.3) is 0 Å². The van der Waals surface area contributed by atoms with E-state index in [9.17, 15) is 9.59 Å². The minimum atomic E-state index is -0.369. The zero-order valence-electron chi connectivity index (χ0n) is 15.5. The van der Waals surface area contributed by atoms with Gasteiger partial charge >= 0.3 is 0 Å². The highest BCUT2D eigenvalue weighted by atomic mass is 35.5. The molecule has 0 fully saturated rings. The number of carbonyl (C=O) groups excluding carboxylic acids is 2. The Morgan fingerprint density at radius 2 is 1.59 bits per heavy atom. The maximum Gasteiger partial charge on any atom is 0.262 e. The Balaban J connectivity index is 2.04. The molecule has 2 rings (SSSR count). The van der Waals surface area contributed by atoms with Gasteiger partial charge in [0, 0.05) is 16.8 Å². The minimum Gasteiger partial charge on any atom is -0.490 e. The number of rotatable bonds is 9. The Bertz CT molecular complexity index is 822. The molecular formula is C20H22ClNO5. The van der Waals surface area contributed by atoms with Crippen molar-refractivity contribution >= 4 is 29.0 Å². The van der Waals surface area contributed by atoms with Gasteiger partial charge in [-0.1, -0.05) is 11.6 Å². The lowest BCUT2D eigenvalue weighted by molar-refractivity contribution is -0.118. The average molecular weight is 392 g/mol. The van der Waals surface area contributed by atoms with E-state index in [-0.39, 0.29) is 18.3 Å². The zero-order chi connectivity index (χ0) is 19.8. The van der Waals surface area contributed by atoms with Gasteiger partial charge in [0.05, 0.1) is 18.8 Å². The number of benzene rings is 2. The van der Waals surface area contributed by atoms with E-state index in [2.05, 4.69) is 5.32 Å². The topological polar surface area (TPSA) is 73.9 Å². The van der Waals surface area contributed by atoms with Crippen LogP contribution in [0.1, 0.15) is 31.1 Å². The molecule has 0 unspecified atom stereocenters. The third-order valence-electron chi connectivity index (χ3n) is 3.51. The Hall–Kier alpha value is -2.73. The van der Waals surface area contributed by atoms with Crippen LogP contribution in [0.15, 0.2) is 36.4 Å². The largest absolute Gasteiger partial charge is 0.490 e. The first-order valence-electron chi connectivity index (χ1n) is 8.57. The number of ketones is 1. The van der Waals surface area contributed by atoms with Crippen LogP contribution in [0.5, 0.6) is 17.2 Å². The average Bonchev–Trinajstić information content (AvgIpc) is 2.63. The second kappa shape index (κ2) is 9.83. The molecule has 7 heteroatoms. The van der Waals surface area contributed by atoms with Crippen molar-refractivity contribution < 1.29 is 23.8 Å². The summed E-state index contributed by atoms with van der Waals surface area (Å²) in [5, 5.41) is 3.16. The van der Waals surface area contributed by atoms with Gasteiger partial charge in [0.15, 0.2) is 23.9 Å². The first-order chi connectivity index (χ1) is 12.9. The summed E-state index contributed by atoms with van der Waals surface area (Å²) in [5.41, 5.74) is 0.883. The second-order valence-electron chi connectivity index (χ2n) is 5.56. The van der Waals surface area contributed by atoms with Gasteiger partial charge in [-0.05, 0) is 51.1 Å². The van der Waals surface area contributed by atoms with E-state index in [1.165, 1.54) is 13.0 Å². The highest BCUT2D eigenvalue weighted by molar-refractivity contribution is 6.31. The summed E-state index contributed by atoms with van der Waals surface area (Å²) in [6.45, 7) is 5.90. The molecule has 0 aromatic heterocycles. The Morgan fingerprint density at radius 1 is 0.926 bits per heavy atom. The van der Waals surface area contributed by atoms with Crippen molar-refractivity contribution in [3.8, 4) is 17.2 Å². The second-order valence-corrected chi connectivity index (χ2v) is 6.00. The molecular weight excluding hydrogens is 370 g/mol. The summed E-state index contributed by atoms with van der Waals surface area (Å²) in [5.74, 6) is 0.908. The maximum atomic E-state index is 12.2. The molecule has 27 heavy (non-hydrogen) atoms. The number of halogens is 1. The van der Waals surface area contributed by atoms with E-state index in [1.807, 2.05) is 13.8 Å². The van der Waals surface area contributed by atoms with E-state index in [0.717, 1.165) is 0 Å². The predicted octanol–water partition coefficient (Wildman–Crippen LogP) is 4.36. The van der Waals surface area contributed by atoms with Gasteiger partial charge in [-0.3, -0.25) is 9.59 Å². The molecule has 0 spiro atoms. The lowest BCUT2D eigenvalue weighted by atomic mass is 10.1. The number of carbonyl (C=O) groups is 2. The third-order valence-corrected chi connectivity index (χ3v) is 3.74. The standard InChI is InChI=1S/C20H22ClNO5/c1-4-25-18-9-7-15(11-19(18)26-5-2)22-20(24)12-27-17-8-6-14(21)10-16(17)13(3)23/h6-11H,4-5,12H2,1-3H3,(H,22,24). The van der Waals surface area contributed by atoms with Crippen LogP contribution in [0, 0.1) is 0 Å². The van der Waals surface area contributed by atoms with Crippen LogP contribution >= 0.6 is 11.6 Å². The van der Waals surface area contributed by atoms with E-state index >= 15 is 0 Å². The molecule has 0 aliphatic heterocycles. The number of amides is 1. The van der Waals surface area contributed by atoms with Crippen molar-refractivity contribution in [1.29, 1.82) is 0 Å². The molecule has 0 bridgehead atoms. The van der Waals surface area contributed by atoms with Gasteiger partial charge in [-0.15, -0.1) is 0 Å². The van der Waals surface area contributed by atoms with Crippen LogP contribution in [-0.4, -0.2) is 31.5 Å². The fourth-order valence-electron chi connectivity index (χ4n) is 2.37.